The van der Waals surface area contributed by atoms with Gasteiger partial charge >= 0.3 is 0 Å². The third kappa shape index (κ3) is 2.27. The first-order valence-corrected chi connectivity index (χ1v) is 7.92. The summed E-state index contributed by atoms with van der Waals surface area (Å²) in [5.74, 6) is 0.961. The van der Waals surface area contributed by atoms with Gasteiger partial charge in [0.1, 0.15) is 5.75 Å². The highest BCUT2D eigenvalue weighted by atomic mass is 79.9. The van der Waals surface area contributed by atoms with Crippen LogP contribution >= 0.6 is 15.9 Å². The fourth-order valence-electron chi connectivity index (χ4n) is 3.09. The molecule has 0 saturated carbocycles. The molecule has 3 nitrogen and oxygen atoms in total. The number of nitrogens with two attached hydrogens (primary N) is 1. The minimum absolute atomic E-state index is 0.180. The van der Waals surface area contributed by atoms with Crippen LogP contribution in [0.3, 0.4) is 0 Å². The second-order valence-electron chi connectivity index (χ2n) is 5.58. The lowest BCUT2D eigenvalue weighted by molar-refractivity contribution is 0.134. The number of ether oxygens (including phenoxy) is 2. The van der Waals surface area contributed by atoms with E-state index in [1.54, 1.807) is 0 Å². The molecular weight excluding hydrogens is 330 g/mol. The lowest BCUT2D eigenvalue weighted by atomic mass is 9.94. The Balaban J connectivity index is 1.77. The van der Waals surface area contributed by atoms with Gasteiger partial charge in [0.05, 0.1) is 25.9 Å². The van der Waals surface area contributed by atoms with Crippen LogP contribution in [-0.4, -0.2) is 6.61 Å². The molecule has 0 radical (unpaired) electrons. The van der Waals surface area contributed by atoms with E-state index in [0.29, 0.717) is 13.2 Å². The van der Waals surface area contributed by atoms with E-state index >= 15 is 0 Å². The molecule has 4 heteroatoms. The SMILES string of the molecule is NC(c1ccc2c(c1)COC2)c1cc(Br)cc2c1OCC2. The largest absolute Gasteiger partial charge is 0.493 e. The van der Waals surface area contributed by atoms with Crippen molar-refractivity contribution in [2.45, 2.75) is 25.7 Å². The van der Waals surface area contributed by atoms with Crippen LogP contribution in [0.15, 0.2) is 34.8 Å². The summed E-state index contributed by atoms with van der Waals surface area (Å²) in [5, 5.41) is 0. The average molecular weight is 346 g/mol. The van der Waals surface area contributed by atoms with Gasteiger partial charge in [0.15, 0.2) is 0 Å². The Kier molecular flexibility index (Phi) is 3.25. The summed E-state index contributed by atoms with van der Waals surface area (Å²) in [4.78, 5) is 0. The normalized spacial score (nSPS) is 17.2. The highest BCUT2D eigenvalue weighted by Gasteiger charge is 2.23. The molecule has 2 aliphatic rings. The number of hydrogen-bond donors (Lipinski definition) is 1. The van der Waals surface area contributed by atoms with Crippen molar-refractivity contribution in [1.82, 2.24) is 0 Å². The van der Waals surface area contributed by atoms with Gasteiger partial charge in [-0.25, -0.2) is 0 Å². The van der Waals surface area contributed by atoms with Gasteiger partial charge in [-0.05, 0) is 34.4 Å². The Hall–Kier alpha value is -1.36. The Labute approximate surface area is 132 Å². The summed E-state index contributed by atoms with van der Waals surface area (Å²) < 4.78 is 12.3. The van der Waals surface area contributed by atoms with E-state index in [9.17, 15) is 0 Å². The van der Waals surface area contributed by atoms with E-state index < -0.39 is 0 Å². The van der Waals surface area contributed by atoms with Crippen molar-refractivity contribution >= 4 is 15.9 Å². The predicted octanol–water partition coefficient (Wildman–Crippen LogP) is 3.46. The second kappa shape index (κ2) is 5.13. The summed E-state index contributed by atoms with van der Waals surface area (Å²) in [7, 11) is 0. The number of rotatable bonds is 2. The number of benzene rings is 2. The number of hydrogen-bond acceptors (Lipinski definition) is 3. The zero-order chi connectivity index (χ0) is 14.4. The second-order valence-corrected chi connectivity index (χ2v) is 6.50. The smallest absolute Gasteiger partial charge is 0.127 e. The van der Waals surface area contributed by atoms with E-state index in [2.05, 4.69) is 46.3 Å². The molecular formula is C17H16BrNO2. The Morgan fingerprint density at radius 1 is 1.05 bits per heavy atom. The van der Waals surface area contributed by atoms with Crippen LogP contribution < -0.4 is 10.5 Å². The Morgan fingerprint density at radius 3 is 2.81 bits per heavy atom. The summed E-state index contributed by atoms with van der Waals surface area (Å²) in [6.45, 7) is 2.13. The fraction of sp³-hybridized carbons (Fsp3) is 0.294. The van der Waals surface area contributed by atoms with Crippen LogP contribution in [0.5, 0.6) is 5.75 Å². The van der Waals surface area contributed by atoms with Crippen molar-refractivity contribution in [2.24, 2.45) is 5.73 Å². The maximum atomic E-state index is 6.51. The zero-order valence-electron chi connectivity index (χ0n) is 11.6. The van der Waals surface area contributed by atoms with Gasteiger partial charge < -0.3 is 15.2 Å². The van der Waals surface area contributed by atoms with E-state index in [1.165, 1.54) is 16.7 Å². The van der Waals surface area contributed by atoms with Crippen LogP contribution in [-0.2, 0) is 24.4 Å². The van der Waals surface area contributed by atoms with Gasteiger partial charge in [0.25, 0.3) is 0 Å². The molecule has 2 N–H and O–H groups in total. The van der Waals surface area contributed by atoms with Crippen molar-refractivity contribution in [3.05, 3.63) is 62.6 Å². The van der Waals surface area contributed by atoms with Crippen molar-refractivity contribution in [3.63, 3.8) is 0 Å². The van der Waals surface area contributed by atoms with Crippen LogP contribution in [0.4, 0.5) is 0 Å². The highest BCUT2D eigenvalue weighted by molar-refractivity contribution is 9.10. The zero-order valence-corrected chi connectivity index (χ0v) is 13.2. The molecule has 21 heavy (non-hydrogen) atoms. The molecule has 2 heterocycles. The molecule has 0 bridgehead atoms. The van der Waals surface area contributed by atoms with Crippen LogP contribution in [0.1, 0.15) is 33.9 Å². The summed E-state index contributed by atoms with van der Waals surface area (Å²) in [5.41, 5.74) is 12.4. The van der Waals surface area contributed by atoms with Crippen molar-refractivity contribution in [2.75, 3.05) is 6.61 Å². The van der Waals surface area contributed by atoms with Gasteiger partial charge in [-0.1, -0.05) is 34.1 Å². The number of halogens is 1. The lowest BCUT2D eigenvalue weighted by Gasteiger charge is -2.17. The first-order chi connectivity index (χ1) is 10.2. The maximum absolute atomic E-state index is 6.51. The van der Waals surface area contributed by atoms with Gasteiger partial charge in [-0.3, -0.25) is 0 Å². The summed E-state index contributed by atoms with van der Waals surface area (Å²) in [6, 6.07) is 10.4. The molecule has 1 atom stereocenters. The quantitative estimate of drug-likeness (QED) is 0.906. The average Bonchev–Trinajstić information content (AvgIpc) is 3.12. The standard InChI is InChI=1S/C17H16BrNO2/c18-14-6-11-3-4-21-17(11)15(7-14)16(19)10-1-2-12-8-20-9-13(12)5-10/h1-2,5-7,16H,3-4,8-9,19H2. The van der Waals surface area contributed by atoms with Crippen molar-refractivity contribution in [3.8, 4) is 5.75 Å². The molecule has 2 aromatic rings. The molecule has 0 aliphatic carbocycles. The molecule has 2 aliphatic heterocycles. The molecule has 2 aromatic carbocycles. The van der Waals surface area contributed by atoms with Gasteiger partial charge in [-0.15, -0.1) is 0 Å². The Bertz CT molecular complexity index is 714. The van der Waals surface area contributed by atoms with Crippen LogP contribution in [0.2, 0.25) is 0 Å². The van der Waals surface area contributed by atoms with Crippen molar-refractivity contribution in [1.29, 1.82) is 0 Å². The molecule has 0 aromatic heterocycles. The predicted molar refractivity (Wildman–Crippen MR) is 84.3 cm³/mol. The third-order valence-electron chi connectivity index (χ3n) is 4.22. The highest BCUT2D eigenvalue weighted by Crippen LogP contribution is 2.38. The molecule has 0 amide bonds. The van der Waals surface area contributed by atoms with E-state index in [0.717, 1.165) is 34.4 Å². The first-order valence-electron chi connectivity index (χ1n) is 7.12. The maximum Gasteiger partial charge on any atom is 0.127 e. The molecule has 0 saturated heterocycles. The molecule has 108 valence electrons. The van der Waals surface area contributed by atoms with Gasteiger partial charge in [-0.2, -0.15) is 0 Å². The Morgan fingerprint density at radius 2 is 1.90 bits per heavy atom. The lowest BCUT2D eigenvalue weighted by Crippen LogP contribution is -2.13. The molecule has 4 rings (SSSR count). The van der Waals surface area contributed by atoms with E-state index in [1.807, 2.05) is 0 Å². The molecule has 0 fully saturated rings. The monoisotopic (exact) mass is 345 g/mol. The molecule has 0 spiro atoms. The minimum Gasteiger partial charge on any atom is -0.493 e. The van der Waals surface area contributed by atoms with Crippen molar-refractivity contribution < 1.29 is 9.47 Å². The van der Waals surface area contributed by atoms with Crippen LogP contribution in [0, 0.1) is 0 Å². The fourth-order valence-corrected chi connectivity index (χ4v) is 3.62. The minimum atomic E-state index is -0.180. The topological polar surface area (TPSA) is 44.5 Å². The van der Waals surface area contributed by atoms with E-state index in [-0.39, 0.29) is 6.04 Å². The number of fused-ring (bicyclic) bond motifs is 2. The van der Waals surface area contributed by atoms with Gasteiger partial charge in [0.2, 0.25) is 0 Å². The van der Waals surface area contributed by atoms with E-state index in [4.69, 9.17) is 15.2 Å². The third-order valence-corrected chi connectivity index (χ3v) is 4.67. The molecule has 1 unspecified atom stereocenters. The van der Waals surface area contributed by atoms with Gasteiger partial charge in [0, 0.05) is 16.5 Å². The summed E-state index contributed by atoms with van der Waals surface area (Å²) >= 11 is 3.58. The first kappa shape index (κ1) is 13.3. The summed E-state index contributed by atoms with van der Waals surface area (Å²) in [6.07, 6.45) is 0.951. The van der Waals surface area contributed by atoms with Crippen LogP contribution in [0.25, 0.3) is 0 Å².